The van der Waals surface area contributed by atoms with Gasteiger partial charge < -0.3 is 0 Å². The van der Waals surface area contributed by atoms with E-state index in [4.69, 9.17) is 0 Å². The van der Waals surface area contributed by atoms with Crippen molar-refractivity contribution in [2.24, 2.45) is 5.41 Å². The average molecular weight is 387 g/mol. The van der Waals surface area contributed by atoms with Gasteiger partial charge in [0, 0.05) is 0 Å². The van der Waals surface area contributed by atoms with E-state index in [2.05, 4.69) is 77.3 Å². The lowest BCUT2D eigenvalue weighted by Crippen LogP contribution is -2.16. The fourth-order valence-corrected chi connectivity index (χ4v) is 5.01. The molecule has 0 bridgehead atoms. The summed E-state index contributed by atoms with van der Waals surface area (Å²) < 4.78 is 0. The highest BCUT2D eigenvalue weighted by molar-refractivity contribution is 6.81. The monoisotopic (exact) mass is 386 g/mol. The molecule has 1 heteroatoms. The SMILES string of the molecule is CCCCCC/C(=C\[Si](C)(C)C)c1cccc(CCCCCC(C)(C)C)c1. The van der Waals surface area contributed by atoms with Crippen LogP contribution in [0.3, 0.4) is 0 Å². The average Bonchev–Trinajstić information content (AvgIpc) is 2.55. The molecule has 0 saturated carbocycles. The second-order valence-electron chi connectivity index (χ2n) is 10.7. The summed E-state index contributed by atoms with van der Waals surface area (Å²) in [5, 5.41) is 0. The molecule has 0 aromatic heterocycles. The van der Waals surface area contributed by atoms with Gasteiger partial charge in [-0.05, 0) is 54.2 Å². The van der Waals surface area contributed by atoms with Crippen molar-refractivity contribution < 1.29 is 0 Å². The van der Waals surface area contributed by atoms with Crippen molar-refractivity contribution in [3.8, 4) is 0 Å². The van der Waals surface area contributed by atoms with Crippen LogP contribution in [0.15, 0.2) is 30.0 Å². The number of unbranched alkanes of at least 4 members (excludes halogenated alkanes) is 5. The second kappa shape index (κ2) is 11.9. The van der Waals surface area contributed by atoms with Crippen molar-refractivity contribution in [1.82, 2.24) is 0 Å². The third kappa shape index (κ3) is 12.3. The zero-order chi connectivity index (χ0) is 20.3. The van der Waals surface area contributed by atoms with E-state index in [-0.39, 0.29) is 0 Å². The van der Waals surface area contributed by atoms with Crippen LogP contribution in [0.2, 0.25) is 19.6 Å². The smallest absolute Gasteiger partial charge is 0.0690 e. The van der Waals surface area contributed by atoms with Gasteiger partial charge in [0.15, 0.2) is 0 Å². The Morgan fingerprint density at radius 3 is 2.26 bits per heavy atom. The molecule has 0 radical (unpaired) electrons. The van der Waals surface area contributed by atoms with Gasteiger partial charge in [0.25, 0.3) is 0 Å². The van der Waals surface area contributed by atoms with Crippen molar-refractivity contribution in [2.45, 2.75) is 112 Å². The Morgan fingerprint density at radius 1 is 0.926 bits per heavy atom. The molecular weight excluding hydrogens is 340 g/mol. The van der Waals surface area contributed by atoms with E-state index in [0.29, 0.717) is 5.41 Å². The molecule has 1 aromatic carbocycles. The van der Waals surface area contributed by atoms with Crippen LogP contribution in [0.25, 0.3) is 5.57 Å². The summed E-state index contributed by atoms with van der Waals surface area (Å²) in [5.74, 6) is 0. The molecule has 1 rings (SSSR count). The molecule has 0 nitrogen and oxygen atoms in total. The quantitative estimate of drug-likeness (QED) is 0.248. The lowest BCUT2D eigenvalue weighted by Gasteiger charge is -2.17. The minimum absolute atomic E-state index is 0.480. The molecule has 1 aromatic rings. The number of hydrogen-bond acceptors (Lipinski definition) is 0. The van der Waals surface area contributed by atoms with Gasteiger partial charge in [0.1, 0.15) is 0 Å². The lowest BCUT2D eigenvalue weighted by atomic mass is 9.89. The number of allylic oxidation sites excluding steroid dienone is 1. The highest BCUT2D eigenvalue weighted by Gasteiger charge is 2.13. The first-order valence-electron chi connectivity index (χ1n) is 11.4. The minimum Gasteiger partial charge on any atom is -0.0913 e. The van der Waals surface area contributed by atoms with Crippen LogP contribution in [0.1, 0.15) is 96.6 Å². The lowest BCUT2D eigenvalue weighted by molar-refractivity contribution is 0.358. The standard InChI is InChI=1S/C26H46Si/c1-8-9-10-13-18-25(22-27(5,6)7)24-19-15-17-23(21-24)16-12-11-14-20-26(2,3)4/h15,17,19,21-22H,8-14,16,18,20H2,1-7H3/b25-22+. The first kappa shape index (κ1) is 24.2. The Morgan fingerprint density at radius 2 is 1.63 bits per heavy atom. The summed E-state index contributed by atoms with van der Waals surface area (Å²) in [6.07, 6.45) is 13.3. The minimum atomic E-state index is -1.21. The Labute approximate surface area is 171 Å². The molecule has 0 N–H and O–H groups in total. The van der Waals surface area contributed by atoms with Crippen LogP contribution in [0.5, 0.6) is 0 Å². The summed E-state index contributed by atoms with van der Waals surface area (Å²) >= 11 is 0. The number of hydrogen-bond donors (Lipinski definition) is 0. The number of benzene rings is 1. The Balaban J connectivity index is 2.69. The molecule has 0 atom stereocenters. The highest BCUT2D eigenvalue weighted by Crippen LogP contribution is 2.26. The largest absolute Gasteiger partial charge is 0.0913 e. The van der Waals surface area contributed by atoms with Gasteiger partial charge in [-0.3, -0.25) is 0 Å². The summed E-state index contributed by atoms with van der Waals surface area (Å²) in [6.45, 7) is 16.7. The van der Waals surface area contributed by atoms with E-state index < -0.39 is 8.07 Å². The van der Waals surface area contributed by atoms with Gasteiger partial charge in [-0.2, -0.15) is 0 Å². The molecule has 0 heterocycles. The number of rotatable bonds is 12. The van der Waals surface area contributed by atoms with Crippen molar-refractivity contribution in [2.75, 3.05) is 0 Å². The fraction of sp³-hybridized carbons (Fsp3) is 0.692. The van der Waals surface area contributed by atoms with Crippen LogP contribution in [0, 0.1) is 5.41 Å². The summed E-state index contributed by atoms with van der Waals surface area (Å²) in [4.78, 5) is 0. The molecule has 0 spiro atoms. The van der Waals surface area contributed by atoms with Gasteiger partial charge >= 0.3 is 0 Å². The molecule has 154 valence electrons. The van der Waals surface area contributed by atoms with Crippen LogP contribution in [-0.2, 0) is 6.42 Å². The molecule has 0 aliphatic rings. The zero-order valence-corrected chi connectivity index (χ0v) is 20.5. The van der Waals surface area contributed by atoms with Crippen LogP contribution >= 0.6 is 0 Å². The highest BCUT2D eigenvalue weighted by atomic mass is 28.3. The maximum Gasteiger partial charge on any atom is 0.0690 e. The molecule has 0 aliphatic heterocycles. The molecule has 0 saturated heterocycles. The van der Waals surface area contributed by atoms with E-state index in [1.165, 1.54) is 75.3 Å². The Hall–Kier alpha value is -0.823. The first-order chi connectivity index (χ1) is 12.6. The molecule has 27 heavy (non-hydrogen) atoms. The third-order valence-electron chi connectivity index (χ3n) is 5.10. The van der Waals surface area contributed by atoms with Crippen molar-refractivity contribution >= 4 is 13.6 Å². The molecule has 0 fully saturated rings. The van der Waals surface area contributed by atoms with E-state index in [0.717, 1.165) is 0 Å². The maximum atomic E-state index is 2.64. The van der Waals surface area contributed by atoms with Gasteiger partial charge in [-0.15, -0.1) is 0 Å². The Kier molecular flexibility index (Phi) is 10.7. The van der Waals surface area contributed by atoms with Crippen molar-refractivity contribution in [3.05, 3.63) is 41.1 Å². The third-order valence-corrected chi connectivity index (χ3v) is 6.31. The summed E-state index contributed by atoms with van der Waals surface area (Å²) in [7, 11) is -1.21. The van der Waals surface area contributed by atoms with E-state index in [1.807, 2.05) is 0 Å². The molecule has 0 unspecified atom stereocenters. The van der Waals surface area contributed by atoms with Crippen LogP contribution < -0.4 is 0 Å². The van der Waals surface area contributed by atoms with Crippen molar-refractivity contribution in [3.63, 3.8) is 0 Å². The van der Waals surface area contributed by atoms with Crippen molar-refractivity contribution in [1.29, 1.82) is 0 Å². The normalized spacial score (nSPS) is 13.2. The van der Waals surface area contributed by atoms with E-state index in [9.17, 15) is 0 Å². The number of aryl methyl sites for hydroxylation is 1. The summed E-state index contributed by atoms with van der Waals surface area (Å²) in [5.41, 5.74) is 7.74. The fourth-order valence-electron chi connectivity index (χ4n) is 3.65. The molecular formula is C26H46Si. The van der Waals surface area contributed by atoms with E-state index in [1.54, 1.807) is 5.57 Å². The molecule has 0 amide bonds. The molecule has 0 aliphatic carbocycles. The first-order valence-corrected chi connectivity index (χ1v) is 15.0. The van der Waals surface area contributed by atoms with Gasteiger partial charge in [-0.25, -0.2) is 0 Å². The van der Waals surface area contributed by atoms with E-state index >= 15 is 0 Å². The second-order valence-corrected chi connectivity index (χ2v) is 15.7. The summed E-state index contributed by atoms with van der Waals surface area (Å²) in [6, 6.07) is 9.44. The Bertz CT molecular complexity index is 554. The van der Waals surface area contributed by atoms with Crippen LogP contribution in [0.4, 0.5) is 0 Å². The zero-order valence-electron chi connectivity index (χ0n) is 19.5. The van der Waals surface area contributed by atoms with Gasteiger partial charge in [0.05, 0.1) is 8.07 Å². The van der Waals surface area contributed by atoms with Crippen LogP contribution in [-0.4, -0.2) is 8.07 Å². The maximum absolute atomic E-state index is 2.64. The predicted octanol–water partition coefficient (Wildman–Crippen LogP) is 9.07. The van der Waals surface area contributed by atoms with Gasteiger partial charge in [0.2, 0.25) is 0 Å². The predicted molar refractivity (Wildman–Crippen MR) is 128 cm³/mol. The van der Waals surface area contributed by atoms with Gasteiger partial charge in [-0.1, -0.05) is 109 Å². The topological polar surface area (TPSA) is 0 Å².